The van der Waals surface area contributed by atoms with E-state index in [9.17, 15) is 9.59 Å². The number of carbonyl (C=O) groups is 3. The van der Waals surface area contributed by atoms with Gasteiger partial charge in [-0.2, -0.15) is 0 Å². The van der Waals surface area contributed by atoms with Crippen molar-refractivity contribution in [3.8, 4) is 0 Å². The van der Waals surface area contributed by atoms with Crippen LogP contribution in [0.5, 0.6) is 0 Å². The van der Waals surface area contributed by atoms with Crippen LogP contribution in [0.1, 0.15) is 26.3 Å². The van der Waals surface area contributed by atoms with Crippen molar-refractivity contribution in [2.75, 3.05) is 26.2 Å². The monoisotopic (exact) mass is 343 g/mol. The van der Waals surface area contributed by atoms with E-state index in [1.807, 2.05) is 49.9 Å². The quantitative estimate of drug-likeness (QED) is 0.794. The summed E-state index contributed by atoms with van der Waals surface area (Å²) < 4.78 is 9.61. The highest BCUT2D eigenvalue weighted by molar-refractivity contribution is 6.07. The fourth-order valence-corrected chi connectivity index (χ4v) is 2.32. The first-order valence-corrected chi connectivity index (χ1v) is 7.38. The molecule has 0 radical (unpaired) electrons. The van der Waals surface area contributed by atoms with E-state index in [2.05, 4.69) is 0 Å². The fourth-order valence-electron chi connectivity index (χ4n) is 2.32. The maximum atomic E-state index is 12.2. The van der Waals surface area contributed by atoms with E-state index >= 15 is 0 Å². The molecule has 132 valence electrons. The lowest BCUT2D eigenvalue weighted by Gasteiger charge is -2.23. The van der Waals surface area contributed by atoms with E-state index in [4.69, 9.17) is 14.3 Å². The number of anilines is 2. The van der Waals surface area contributed by atoms with E-state index in [0.717, 1.165) is 11.3 Å². The number of carbonyl (C=O) groups excluding carboxylic acids is 3. The molecule has 2 aromatic carbocycles. The Kier molecular flexibility index (Phi) is 7.34. The molecule has 0 aliphatic carbocycles. The summed E-state index contributed by atoms with van der Waals surface area (Å²) in [7, 11) is 4.39. The Morgan fingerprint density at radius 3 is 2.00 bits per heavy atom. The van der Waals surface area contributed by atoms with Crippen molar-refractivity contribution in [2.45, 2.75) is 6.92 Å². The summed E-state index contributed by atoms with van der Waals surface area (Å²) in [5.74, 6) is -1.16. The van der Waals surface area contributed by atoms with Gasteiger partial charge in [0.1, 0.15) is 6.79 Å². The lowest BCUT2D eigenvalue weighted by atomic mass is 10.0. The second-order valence-corrected chi connectivity index (χ2v) is 5.08. The van der Waals surface area contributed by atoms with Crippen LogP contribution in [0.4, 0.5) is 11.4 Å². The predicted octanol–water partition coefficient (Wildman–Crippen LogP) is 3.15. The van der Waals surface area contributed by atoms with Crippen LogP contribution in [0.15, 0.2) is 42.5 Å². The molecule has 25 heavy (non-hydrogen) atoms. The van der Waals surface area contributed by atoms with Crippen LogP contribution in [-0.2, 0) is 14.3 Å². The molecule has 0 spiro atoms. The Labute approximate surface area is 147 Å². The number of benzene rings is 2. The summed E-state index contributed by atoms with van der Waals surface area (Å²) in [6, 6.07) is 12.9. The summed E-state index contributed by atoms with van der Waals surface area (Å²) >= 11 is 0. The first-order chi connectivity index (χ1) is 12.0. The number of methoxy groups -OCH3 is 2. The van der Waals surface area contributed by atoms with Gasteiger partial charge >= 0.3 is 11.9 Å². The zero-order chi connectivity index (χ0) is 19.0. The topological polar surface area (TPSA) is 72.9 Å². The lowest BCUT2D eigenvalue weighted by molar-refractivity contribution is -0.0980. The third-order valence-corrected chi connectivity index (χ3v) is 3.62. The van der Waals surface area contributed by atoms with Crippen LogP contribution in [0.25, 0.3) is 0 Å². The normalized spacial score (nSPS) is 9.44. The number of ether oxygens (including phenoxy) is 2. The maximum absolute atomic E-state index is 12.2. The Hall–Kier alpha value is -3.15. The largest absolute Gasteiger partial charge is 0.465 e. The van der Waals surface area contributed by atoms with Gasteiger partial charge in [-0.1, -0.05) is 23.8 Å². The highest BCUT2D eigenvalue weighted by Gasteiger charge is 2.24. The van der Waals surface area contributed by atoms with Crippen molar-refractivity contribution >= 4 is 30.1 Å². The van der Waals surface area contributed by atoms with Crippen LogP contribution < -0.4 is 4.90 Å². The van der Waals surface area contributed by atoms with Crippen LogP contribution >= 0.6 is 0 Å². The van der Waals surface area contributed by atoms with Gasteiger partial charge < -0.3 is 19.2 Å². The van der Waals surface area contributed by atoms with E-state index in [1.54, 1.807) is 18.2 Å². The Morgan fingerprint density at radius 2 is 1.48 bits per heavy atom. The highest BCUT2D eigenvalue weighted by atomic mass is 16.5. The average Bonchev–Trinajstić information content (AvgIpc) is 2.67. The molecule has 6 nitrogen and oxygen atoms in total. The van der Waals surface area contributed by atoms with Crippen LogP contribution in [0.2, 0.25) is 0 Å². The molecule has 2 aromatic rings. The molecule has 0 N–H and O–H groups in total. The molecular formula is C19H21NO5. The molecule has 0 heterocycles. The third kappa shape index (κ3) is 4.44. The van der Waals surface area contributed by atoms with E-state index in [-0.39, 0.29) is 11.1 Å². The summed E-state index contributed by atoms with van der Waals surface area (Å²) in [5, 5.41) is 0. The van der Waals surface area contributed by atoms with Crippen molar-refractivity contribution in [2.24, 2.45) is 0 Å². The van der Waals surface area contributed by atoms with Crippen molar-refractivity contribution in [1.29, 1.82) is 0 Å². The van der Waals surface area contributed by atoms with Crippen LogP contribution in [0.3, 0.4) is 0 Å². The van der Waals surface area contributed by atoms with Gasteiger partial charge in [0.15, 0.2) is 0 Å². The molecule has 6 heteroatoms. The minimum atomic E-state index is -0.583. The fraction of sp³-hybridized carbons (Fsp3) is 0.211. The third-order valence-electron chi connectivity index (χ3n) is 3.62. The first-order valence-electron chi connectivity index (χ1n) is 7.38. The van der Waals surface area contributed by atoms with Gasteiger partial charge in [-0.05, 0) is 31.2 Å². The number of rotatable bonds is 4. The second-order valence-electron chi connectivity index (χ2n) is 5.08. The molecule has 0 fully saturated rings. The van der Waals surface area contributed by atoms with Gasteiger partial charge in [-0.3, -0.25) is 0 Å². The van der Waals surface area contributed by atoms with E-state index < -0.39 is 11.9 Å². The number of hydrogen-bond acceptors (Lipinski definition) is 6. The summed E-state index contributed by atoms with van der Waals surface area (Å²) in [4.78, 5) is 34.0. The molecule has 0 bridgehead atoms. The highest BCUT2D eigenvalue weighted by Crippen LogP contribution is 2.30. The molecule has 2 rings (SSSR count). The van der Waals surface area contributed by atoms with Crippen LogP contribution in [-0.4, -0.2) is 40.0 Å². The Balaban J connectivity index is 0.00000151. The van der Waals surface area contributed by atoms with Crippen molar-refractivity contribution in [3.05, 3.63) is 59.2 Å². The summed E-state index contributed by atoms with van der Waals surface area (Å²) in [6.45, 7) is 4.00. The average molecular weight is 343 g/mol. The number of esters is 2. The molecule has 0 saturated carbocycles. The van der Waals surface area contributed by atoms with Gasteiger partial charge in [0.05, 0.1) is 31.0 Å². The SMILES string of the molecule is C=O.COC(=O)c1cccc(N(C)c2ccc(C)cc2)c1C(=O)OC. The van der Waals surface area contributed by atoms with E-state index in [1.165, 1.54) is 14.2 Å². The second kappa shape index (κ2) is 9.22. The number of aryl methyl sites for hydroxylation is 1. The van der Waals surface area contributed by atoms with Gasteiger partial charge in [-0.15, -0.1) is 0 Å². The molecular weight excluding hydrogens is 322 g/mol. The molecule has 0 aliphatic rings. The van der Waals surface area contributed by atoms with Gasteiger partial charge in [0, 0.05) is 12.7 Å². The Bertz CT molecular complexity index is 740. The molecule has 0 aliphatic heterocycles. The molecule has 0 saturated heterocycles. The predicted molar refractivity (Wildman–Crippen MR) is 95.5 cm³/mol. The minimum Gasteiger partial charge on any atom is -0.465 e. The zero-order valence-electron chi connectivity index (χ0n) is 14.7. The smallest absolute Gasteiger partial charge is 0.340 e. The van der Waals surface area contributed by atoms with Gasteiger partial charge in [0.25, 0.3) is 0 Å². The lowest BCUT2D eigenvalue weighted by Crippen LogP contribution is -2.19. The van der Waals surface area contributed by atoms with Crippen LogP contribution in [0, 0.1) is 6.92 Å². The molecule has 0 atom stereocenters. The minimum absolute atomic E-state index is 0.177. The molecule has 0 aromatic heterocycles. The van der Waals surface area contributed by atoms with Crippen molar-refractivity contribution in [1.82, 2.24) is 0 Å². The zero-order valence-corrected chi connectivity index (χ0v) is 14.7. The standard InChI is InChI=1S/C18H19NO4.CH2O/c1-12-8-10-13(11-9-12)19(2)15-7-5-6-14(17(20)22-3)16(15)18(21)23-4;1-2/h5-11H,1-4H3;1H2. The van der Waals surface area contributed by atoms with Crippen molar-refractivity contribution < 1.29 is 23.9 Å². The summed E-state index contributed by atoms with van der Waals surface area (Å²) in [5.41, 5.74) is 2.96. The molecule has 0 amide bonds. The van der Waals surface area contributed by atoms with Crippen molar-refractivity contribution in [3.63, 3.8) is 0 Å². The van der Waals surface area contributed by atoms with Gasteiger partial charge in [0.2, 0.25) is 0 Å². The number of nitrogens with zero attached hydrogens (tertiary/aromatic N) is 1. The summed E-state index contributed by atoms with van der Waals surface area (Å²) in [6.07, 6.45) is 0. The van der Waals surface area contributed by atoms with Gasteiger partial charge in [-0.25, -0.2) is 9.59 Å². The number of hydrogen-bond donors (Lipinski definition) is 0. The molecule has 0 unspecified atom stereocenters. The maximum Gasteiger partial charge on any atom is 0.340 e. The Morgan fingerprint density at radius 1 is 0.920 bits per heavy atom. The van der Waals surface area contributed by atoms with E-state index in [0.29, 0.717) is 5.69 Å². The first kappa shape index (κ1) is 19.9.